The number of piperidine rings is 2. The van der Waals surface area contributed by atoms with Crippen molar-refractivity contribution < 1.29 is 4.79 Å². The van der Waals surface area contributed by atoms with Crippen molar-refractivity contribution in [2.45, 2.75) is 46.1 Å². The molecule has 2 N–H and O–H groups in total. The minimum absolute atomic E-state index is 0.172. The number of carbonyl (C=O) groups is 1. The van der Waals surface area contributed by atoms with Gasteiger partial charge in [-0.2, -0.15) is 0 Å². The minimum atomic E-state index is 0.172. The van der Waals surface area contributed by atoms with Gasteiger partial charge in [0.25, 0.3) is 0 Å². The summed E-state index contributed by atoms with van der Waals surface area (Å²) in [5, 5.41) is 6.52. The van der Waals surface area contributed by atoms with Gasteiger partial charge in [0.1, 0.15) is 0 Å². The Hall–Kier alpha value is -0.610. The standard InChI is InChI=1S/C16H31N3O/c1-12-7-13(2)10-19(9-12)11-14(3)18-16(20)15-5-4-6-17-8-15/h12-15,17H,4-11H2,1-3H3,(H,18,20). The lowest BCUT2D eigenvalue weighted by Gasteiger charge is -2.36. The fourth-order valence-corrected chi connectivity index (χ4v) is 3.81. The van der Waals surface area contributed by atoms with Crippen LogP contribution in [-0.4, -0.2) is 49.6 Å². The van der Waals surface area contributed by atoms with Crippen molar-refractivity contribution in [2.75, 3.05) is 32.7 Å². The lowest BCUT2D eigenvalue weighted by molar-refractivity contribution is -0.126. The second-order valence-corrected chi connectivity index (χ2v) is 7.12. The van der Waals surface area contributed by atoms with Crippen LogP contribution < -0.4 is 10.6 Å². The topological polar surface area (TPSA) is 44.4 Å². The van der Waals surface area contributed by atoms with Crippen LogP contribution in [0.2, 0.25) is 0 Å². The molecule has 2 aliphatic heterocycles. The third-order valence-electron chi connectivity index (χ3n) is 4.53. The largest absolute Gasteiger partial charge is 0.352 e. The van der Waals surface area contributed by atoms with Crippen molar-refractivity contribution in [1.82, 2.24) is 15.5 Å². The first-order chi connectivity index (χ1) is 9.54. The van der Waals surface area contributed by atoms with E-state index in [4.69, 9.17) is 0 Å². The second-order valence-electron chi connectivity index (χ2n) is 7.12. The summed E-state index contributed by atoms with van der Waals surface area (Å²) in [6.07, 6.45) is 3.49. The Morgan fingerprint density at radius 2 is 2.05 bits per heavy atom. The van der Waals surface area contributed by atoms with Crippen LogP contribution in [0, 0.1) is 17.8 Å². The van der Waals surface area contributed by atoms with Gasteiger partial charge in [0, 0.05) is 32.2 Å². The predicted molar refractivity (Wildman–Crippen MR) is 82.6 cm³/mol. The van der Waals surface area contributed by atoms with Crippen molar-refractivity contribution in [3.8, 4) is 0 Å². The fourth-order valence-electron chi connectivity index (χ4n) is 3.81. The molecule has 0 aromatic carbocycles. The van der Waals surface area contributed by atoms with Gasteiger partial charge in [0.2, 0.25) is 5.91 Å². The van der Waals surface area contributed by atoms with Crippen molar-refractivity contribution in [2.24, 2.45) is 17.8 Å². The molecule has 4 atom stereocenters. The number of nitrogens with one attached hydrogen (secondary N) is 2. The molecule has 0 spiro atoms. The summed E-state index contributed by atoms with van der Waals surface area (Å²) in [4.78, 5) is 14.7. The van der Waals surface area contributed by atoms with E-state index in [0.717, 1.165) is 44.3 Å². The zero-order valence-electron chi connectivity index (χ0n) is 13.3. The summed E-state index contributed by atoms with van der Waals surface area (Å²) in [5.41, 5.74) is 0. The van der Waals surface area contributed by atoms with Gasteiger partial charge in [-0.25, -0.2) is 0 Å². The summed E-state index contributed by atoms with van der Waals surface area (Å²) in [6, 6.07) is 0.252. The lowest BCUT2D eigenvalue weighted by atomic mass is 9.91. The van der Waals surface area contributed by atoms with Crippen LogP contribution in [0.3, 0.4) is 0 Å². The van der Waals surface area contributed by atoms with Gasteiger partial charge in [-0.1, -0.05) is 13.8 Å². The first kappa shape index (κ1) is 15.8. The minimum Gasteiger partial charge on any atom is -0.352 e. The van der Waals surface area contributed by atoms with Crippen molar-refractivity contribution >= 4 is 5.91 Å². The van der Waals surface area contributed by atoms with E-state index >= 15 is 0 Å². The molecule has 116 valence electrons. The number of carbonyl (C=O) groups excluding carboxylic acids is 1. The fraction of sp³-hybridized carbons (Fsp3) is 0.938. The number of hydrogen-bond donors (Lipinski definition) is 2. The number of rotatable bonds is 4. The van der Waals surface area contributed by atoms with E-state index in [-0.39, 0.29) is 17.9 Å². The molecular weight excluding hydrogens is 250 g/mol. The molecule has 2 saturated heterocycles. The Morgan fingerprint density at radius 1 is 1.35 bits per heavy atom. The van der Waals surface area contributed by atoms with Crippen LogP contribution in [-0.2, 0) is 4.79 Å². The maximum atomic E-state index is 12.2. The van der Waals surface area contributed by atoms with E-state index < -0.39 is 0 Å². The molecule has 4 nitrogen and oxygen atoms in total. The number of hydrogen-bond acceptors (Lipinski definition) is 3. The molecule has 20 heavy (non-hydrogen) atoms. The smallest absolute Gasteiger partial charge is 0.224 e. The van der Waals surface area contributed by atoms with Crippen molar-refractivity contribution in [1.29, 1.82) is 0 Å². The average Bonchev–Trinajstić information content (AvgIpc) is 2.38. The molecule has 0 aromatic rings. The monoisotopic (exact) mass is 281 g/mol. The zero-order chi connectivity index (χ0) is 14.5. The Bertz CT molecular complexity index is 305. The van der Waals surface area contributed by atoms with Gasteiger partial charge in [-0.05, 0) is 44.6 Å². The van der Waals surface area contributed by atoms with Crippen LogP contribution >= 0.6 is 0 Å². The van der Waals surface area contributed by atoms with Gasteiger partial charge in [0.05, 0.1) is 5.92 Å². The van der Waals surface area contributed by atoms with Gasteiger partial charge in [-0.15, -0.1) is 0 Å². The maximum absolute atomic E-state index is 12.2. The molecule has 2 fully saturated rings. The third-order valence-corrected chi connectivity index (χ3v) is 4.53. The van der Waals surface area contributed by atoms with Crippen LogP contribution in [0.15, 0.2) is 0 Å². The van der Waals surface area contributed by atoms with Crippen molar-refractivity contribution in [3.05, 3.63) is 0 Å². The number of nitrogens with zero attached hydrogens (tertiary/aromatic N) is 1. The molecule has 0 aliphatic carbocycles. The van der Waals surface area contributed by atoms with E-state index in [2.05, 4.69) is 36.3 Å². The highest BCUT2D eigenvalue weighted by Gasteiger charge is 2.25. The lowest BCUT2D eigenvalue weighted by Crippen LogP contribution is -2.49. The van der Waals surface area contributed by atoms with Gasteiger partial charge in [0.15, 0.2) is 0 Å². The number of likely N-dealkylation sites (tertiary alicyclic amines) is 1. The summed E-state index contributed by atoms with van der Waals surface area (Å²) >= 11 is 0. The Balaban J connectivity index is 1.73. The molecule has 2 rings (SSSR count). The molecule has 4 unspecified atom stereocenters. The third kappa shape index (κ3) is 4.74. The average molecular weight is 281 g/mol. The highest BCUT2D eigenvalue weighted by atomic mass is 16.2. The molecule has 1 amide bonds. The summed E-state index contributed by atoms with van der Waals surface area (Å²) in [7, 11) is 0. The van der Waals surface area contributed by atoms with Gasteiger partial charge in [-0.3, -0.25) is 4.79 Å². The van der Waals surface area contributed by atoms with E-state index in [9.17, 15) is 4.79 Å². The molecule has 0 radical (unpaired) electrons. The van der Waals surface area contributed by atoms with Crippen LogP contribution in [0.5, 0.6) is 0 Å². The first-order valence-electron chi connectivity index (χ1n) is 8.28. The molecular formula is C16H31N3O. The number of amides is 1. The molecule has 0 saturated carbocycles. The van der Waals surface area contributed by atoms with Crippen LogP contribution in [0.1, 0.15) is 40.0 Å². The van der Waals surface area contributed by atoms with E-state index in [0.29, 0.717) is 0 Å². The first-order valence-corrected chi connectivity index (χ1v) is 8.28. The van der Waals surface area contributed by atoms with Crippen LogP contribution in [0.25, 0.3) is 0 Å². The molecule has 2 aliphatic rings. The van der Waals surface area contributed by atoms with Crippen molar-refractivity contribution in [3.63, 3.8) is 0 Å². The van der Waals surface area contributed by atoms with Gasteiger partial charge >= 0.3 is 0 Å². The van der Waals surface area contributed by atoms with E-state index in [1.807, 2.05) is 0 Å². The van der Waals surface area contributed by atoms with Crippen LogP contribution in [0.4, 0.5) is 0 Å². The van der Waals surface area contributed by atoms with Gasteiger partial charge < -0.3 is 15.5 Å². The summed E-state index contributed by atoms with van der Waals surface area (Å²) in [6.45, 7) is 12.0. The molecule has 4 heteroatoms. The highest BCUT2D eigenvalue weighted by molar-refractivity contribution is 5.79. The SMILES string of the molecule is CC1CC(C)CN(CC(C)NC(=O)C2CCCNC2)C1. The Kier molecular flexibility index (Phi) is 5.85. The molecule has 2 heterocycles. The predicted octanol–water partition coefficient (Wildman–Crippen LogP) is 1.47. The molecule has 0 aromatic heterocycles. The molecule has 0 bridgehead atoms. The Morgan fingerprint density at radius 3 is 2.65 bits per heavy atom. The summed E-state index contributed by atoms with van der Waals surface area (Å²) < 4.78 is 0. The normalized spacial score (nSPS) is 33.6. The second kappa shape index (κ2) is 7.41. The zero-order valence-corrected chi connectivity index (χ0v) is 13.3. The Labute approximate surface area is 123 Å². The van der Waals surface area contributed by atoms with E-state index in [1.165, 1.54) is 19.5 Å². The quantitative estimate of drug-likeness (QED) is 0.820. The maximum Gasteiger partial charge on any atom is 0.224 e. The van der Waals surface area contributed by atoms with E-state index in [1.54, 1.807) is 0 Å². The summed E-state index contributed by atoms with van der Waals surface area (Å²) in [5.74, 6) is 1.97. The highest BCUT2D eigenvalue weighted by Crippen LogP contribution is 2.21.